The Kier molecular flexibility index (Phi) is 39.2. The summed E-state index contributed by atoms with van der Waals surface area (Å²) in [5.74, 6) is 3.21. The summed E-state index contributed by atoms with van der Waals surface area (Å²) in [6.07, 6.45) is 52.8. The van der Waals surface area contributed by atoms with Crippen molar-refractivity contribution in [1.82, 2.24) is 0 Å². The van der Waals surface area contributed by atoms with Crippen molar-refractivity contribution in [2.75, 3.05) is 26.4 Å². The maximum atomic E-state index is 12.3. The SMILES string of the molecule is CCCCCCCCCCCCOc1ccc(-c2ccc(C=O)cc2-c2ccc(OCCCCCCCCCCCC)c(OCCCCCCCCCCCC)c2)cc1OCCCCCCCCCCCC. The highest BCUT2D eigenvalue weighted by Crippen LogP contribution is 2.41. The molecular weight excluding hydrogens is 885 g/mol. The highest BCUT2D eigenvalue weighted by molar-refractivity contribution is 5.89. The van der Waals surface area contributed by atoms with Crippen LogP contribution in [0.5, 0.6) is 23.0 Å². The van der Waals surface area contributed by atoms with E-state index in [1.54, 1.807) is 0 Å². The third-order valence-electron chi connectivity index (χ3n) is 14.7. The van der Waals surface area contributed by atoms with Gasteiger partial charge < -0.3 is 18.9 Å². The molecule has 408 valence electrons. The number of carbonyl (C=O) groups excluding carboxylic acids is 1. The van der Waals surface area contributed by atoms with Crippen LogP contribution in [0.2, 0.25) is 0 Å². The van der Waals surface area contributed by atoms with Crippen molar-refractivity contribution in [2.24, 2.45) is 0 Å². The lowest BCUT2D eigenvalue weighted by Crippen LogP contribution is -2.04. The molecule has 0 aliphatic heterocycles. The van der Waals surface area contributed by atoms with E-state index in [9.17, 15) is 4.79 Å². The Morgan fingerprint density at radius 2 is 0.542 bits per heavy atom. The molecule has 72 heavy (non-hydrogen) atoms. The second kappa shape index (κ2) is 45.0. The van der Waals surface area contributed by atoms with Crippen LogP contribution in [0.3, 0.4) is 0 Å². The van der Waals surface area contributed by atoms with Gasteiger partial charge in [0.25, 0.3) is 0 Å². The molecule has 5 nitrogen and oxygen atoms in total. The van der Waals surface area contributed by atoms with Gasteiger partial charge in [0.15, 0.2) is 23.0 Å². The van der Waals surface area contributed by atoms with Crippen molar-refractivity contribution in [3.63, 3.8) is 0 Å². The van der Waals surface area contributed by atoms with Crippen LogP contribution < -0.4 is 18.9 Å². The summed E-state index contributed by atoms with van der Waals surface area (Å²) in [6, 6.07) is 18.8. The second-order valence-corrected chi connectivity index (χ2v) is 21.4. The quantitative estimate of drug-likeness (QED) is 0.0417. The first-order valence-corrected chi connectivity index (χ1v) is 31.0. The van der Waals surface area contributed by atoms with Crippen LogP contribution in [0.4, 0.5) is 0 Å². The van der Waals surface area contributed by atoms with Crippen molar-refractivity contribution in [1.29, 1.82) is 0 Å². The first-order chi connectivity index (χ1) is 35.6. The van der Waals surface area contributed by atoms with Gasteiger partial charge in [0.2, 0.25) is 0 Å². The molecule has 0 atom stereocenters. The van der Waals surface area contributed by atoms with Gasteiger partial charge in [-0.1, -0.05) is 283 Å². The maximum Gasteiger partial charge on any atom is 0.161 e. The highest BCUT2D eigenvalue weighted by atomic mass is 16.5. The fourth-order valence-corrected chi connectivity index (χ4v) is 10.0. The Labute approximate surface area is 444 Å². The number of hydrogen-bond acceptors (Lipinski definition) is 5. The normalized spacial score (nSPS) is 11.3. The maximum absolute atomic E-state index is 12.3. The van der Waals surface area contributed by atoms with Crippen LogP contribution in [0.1, 0.15) is 295 Å². The number of aldehydes is 1. The van der Waals surface area contributed by atoms with E-state index in [1.807, 2.05) is 12.1 Å². The number of rotatable bonds is 51. The third kappa shape index (κ3) is 30.0. The molecule has 0 fully saturated rings. The summed E-state index contributed by atoms with van der Waals surface area (Å²) in [7, 11) is 0. The molecule has 0 bridgehead atoms. The Hall–Kier alpha value is -3.47. The van der Waals surface area contributed by atoms with Crippen LogP contribution in [0.15, 0.2) is 54.6 Å². The molecule has 3 aromatic carbocycles. The molecule has 0 aliphatic carbocycles. The van der Waals surface area contributed by atoms with Crippen LogP contribution >= 0.6 is 0 Å². The molecule has 0 radical (unpaired) electrons. The average molecular weight is 996 g/mol. The topological polar surface area (TPSA) is 54.0 Å². The van der Waals surface area contributed by atoms with Crippen molar-refractivity contribution in [3.05, 3.63) is 60.2 Å². The Morgan fingerprint density at radius 1 is 0.278 bits per heavy atom. The average Bonchev–Trinajstić information content (AvgIpc) is 3.40. The van der Waals surface area contributed by atoms with Gasteiger partial charge in [0.1, 0.15) is 6.29 Å². The van der Waals surface area contributed by atoms with Crippen LogP contribution in [0, 0.1) is 0 Å². The minimum absolute atomic E-state index is 0.650. The van der Waals surface area contributed by atoms with Gasteiger partial charge in [0, 0.05) is 5.56 Å². The van der Waals surface area contributed by atoms with E-state index in [1.165, 1.54) is 231 Å². The van der Waals surface area contributed by atoms with Gasteiger partial charge >= 0.3 is 0 Å². The lowest BCUT2D eigenvalue weighted by molar-refractivity contribution is 0.112. The monoisotopic (exact) mass is 995 g/mol. The summed E-state index contributed by atoms with van der Waals surface area (Å²) >= 11 is 0. The lowest BCUT2D eigenvalue weighted by Gasteiger charge is -2.18. The summed E-state index contributed by atoms with van der Waals surface area (Å²) in [5.41, 5.74) is 4.74. The molecule has 0 aliphatic rings. The summed E-state index contributed by atoms with van der Waals surface area (Å²) < 4.78 is 26.3. The molecule has 0 N–H and O–H groups in total. The van der Waals surface area contributed by atoms with Crippen molar-refractivity contribution >= 4 is 6.29 Å². The first kappa shape index (κ1) is 62.8. The summed E-state index contributed by atoms with van der Waals surface area (Å²) in [6.45, 7) is 11.9. The van der Waals surface area contributed by atoms with Gasteiger partial charge in [-0.15, -0.1) is 0 Å². The summed E-state index contributed by atoms with van der Waals surface area (Å²) in [5, 5.41) is 0. The predicted molar refractivity (Wildman–Crippen MR) is 312 cm³/mol. The zero-order chi connectivity index (χ0) is 51.2. The minimum Gasteiger partial charge on any atom is -0.490 e. The zero-order valence-corrected chi connectivity index (χ0v) is 47.4. The van der Waals surface area contributed by atoms with Crippen LogP contribution in [-0.4, -0.2) is 32.7 Å². The number of hydrogen-bond donors (Lipinski definition) is 0. The molecule has 0 saturated heterocycles. The predicted octanol–water partition coefficient (Wildman–Crippen LogP) is 22.0. The van der Waals surface area contributed by atoms with Gasteiger partial charge in [-0.3, -0.25) is 4.79 Å². The highest BCUT2D eigenvalue weighted by Gasteiger charge is 2.16. The van der Waals surface area contributed by atoms with Crippen LogP contribution in [-0.2, 0) is 0 Å². The number of carbonyl (C=O) groups is 1. The standard InChI is InChI=1S/C67H110O5/c1-5-9-13-17-21-25-29-33-37-41-51-69-64-49-46-60(56-66(64)71-53-43-39-35-31-27-23-19-15-11-7-3)62-48-45-59(58-68)55-63(62)61-47-50-65(70-52-42-38-34-30-26-22-18-14-10-6-2)67(57-61)72-54-44-40-36-32-28-24-20-16-12-8-4/h45-50,55-58H,5-44,51-54H2,1-4H3. The Balaban J connectivity index is 1.75. The fourth-order valence-electron chi connectivity index (χ4n) is 10.0. The second-order valence-electron chi connectivity index (χ2n) is 21.4. The minimum atomic E-state index is 0.650. The molecule has 5 heteroatoms. The van der Waals surface area contributed by atoms with E-state index < -0.39 is 0 Å². The lowest BCUT2D eigenvalue weighted by atomic mass is 9.92. The number of benzene rings is 3. The molecule has 3 aromatic rings. The molecule has 0 unspecified atom stereocenters. The zero-order valence-electron chi connectivity index (χ0n) is 47.4. The molecule has 0 amide bonds. The van der Waals surface area contributed by atoms with E-state index in [0.29, 0.717) is 32.0 Å². The van der Waals surface area contributed by atoms with Crippen molar-refractivity contribution in [2.45, 2.75) is 285 Å². The van der Waals surface area contributed by atoms with Crippen molar-refractivity contribution in [3.8, 4) is 45.3 Å². The number of unbranched alkanes of at least 4 members (excludes halogenated alkanes) is 36. The number of ether oxygens (including phenoxy) is 4. The van der Waals surface area contributed by atoms with E-state index in [0.717, 1.165) is 77.2 Å². The molecule has 0 heterocycles. The van der Waals surface area contributed by atoms with E-state index in [2.05, 4.69) is 70.2 Å². The van der Waals surface area contributed by atoms with E-state index in [4.69, 9.17) is 18.9 Å². The fraction of sp³-hybridized carbons (Fsp3) is 0.716. The van der Waals surface area contributed by atoms with Crippen molar-refractivity contribution < 1.29 is 23.7 Å². The smallest absolute Gasteiger partial charge is 0.161 e. The van der Waals surface area contributed by atoms with Gasteiger partial charge in [-0.2, -0.15) is 0 Å². The molecular formula is C67H110O5. The van der Waals surface area contributed by atoms with Gasteiger partial charge in [-0.05, 0) is 78.3 Å². The summed E-state index contributed by atoms with van der Waals surface area (Å²) in [4.78, 5) is 12.3. The Bertz CT molecular complexity index is 1720. The van der Waals surface area contributed by atoms with E-state index >= 15 is 0 Å². The molecule has 3 rings (SSSR count). The van der Waals surface area contributed by atoms with Crippen LogP contribution in [0.25, 0.3) is 22.3 Å². The molecule has 0 aromatic heterocycles. The largest absolute Gasteiger partial charge is 0.490 e. The molecule has 0 spiro atoms. The van der Waals surface area contributed by atoms with Gasteiger partial charge in [-0.25, -0.2) is 0 Å². The first-order valence-electron chi connectivity index (χ1n) is 31.0. The third-order valence-corrected chi connectivity index (χ3v) is 14.7. The van der Waals surface area contributed by atoms with E-state index in [-0.39, 0.29) is 0 Å². The van der Waals surface area contributed by atoms with Gasteiger partial charge in [0.05, 0.1) is 26.4 Å². The molecule has 0 saturated carbocycles. The Morgan fingerprint density at radius 3 is 0.833 bits per heavy atom.